The summed E-state index contributed by atoms with van der Waals surface area (Å²) in [7, 11) is 0. The first-order valence-electron chi connectivity index (χ1n) is 10.2. The number of carbonyl (C=O) groups is 2. The second kappa shape index (κ2) is 8.37. The van der Waals surface area contributed by atoms with Crippen LogP contribution in [0.25, 0.3) is 11.1 Å². The summed E-state index contributed by atoms with van der Waals surface area (Å²) in [6, 6.07) is 15.3. The molecule has 1 aliphatic rings. The third kappa shape index (κ3) is 5.24. The first-order valence-corrected chi connectivity index (χ1v) is 10.2. The third-order valence-corrected chi connectivity index (χ3v) is 5.21. The zero-order valence-electron chi connectivity index (χ0n) is 17.5. The van der Waals surface area contributed by atoms with E-state index in [0.29, 0.717) is 12.1 Å². The van der Waals surface area contributed by atoms with Crippen molar-refractivity contribution < 1.29 is 14.3 Å². The molecule has 29 heavy (non-hydrogen) atoms. The molecule has 0 aromatic heterocycles. The number of benzene rings is 2. The van der Waals surface area contributed by atoms with Crippen LogP contribution >= 0.6 is 0 Å². The maximum absolute atomic E-state index is 12.6. The van der Waals surface area contributed by atoms with E-state index in [-0.39, 0.29) is 11.9 Å². The van der Waals surface area contributed by atoms with E-state index >= 15 is 0 Å². The van der Waals surface area contributed by atoms with Crippen molar-refractivity contribution in [3.8, 4) is 11.1 Å². The van der Waals surface area contributed by atoms with E-state index in [4.69, 9.17) is 10.5 Å². The minimum Gasteiger partial charge on any atom is -0.456 e. The summed E-state index contributed by atoms with van der Waals surface area (Å²) in [5.41, 5.74) is 8.20. The quantitative estimate of drug-likeness (QED) is 0.745. The Bertz CT molecular complexity index is 876. The van der Waals surface area contributed by atoms with Crippen molar-refractivity contribution >= 4 is 11.9 Å². The third-order valence-electron chi connectivity index (χ3n) is 5.21. The van der Waals surface area contributed by atoms with Crippen molar-refractivity contribution in [3.63, 3.8) is 0 Å². The molecule has 5 heteroatoms. The van der Waals surface area contributed by atoms with Crippen LogP contribution in [0.4, 0.5) is 0 Å². The average Bonchev–Trinajstić information content (AvgIpc) is 3.13. The Morgan fingerprint density at radius 2 is 1.66 bits per heavy atom. The number of esters is 1. The standard InChI is InChI=1S/C24H30N2O3/c1-23(2,3)29-21(27)20-9-5-4-8-19(20)18-12-10-17(11-13-18)16-26-22(28)24(25)14-6-7-15-24/h4-5,8-13H,6-7,14-16,25H2,1-3H3,(H,26,28). The van der Waals surface area contributed by atoms with Gasteiger partial charge in [0.05, 0.1) is 11.1 Å². The van der Waals surface area contributed by atoms with Crippen LogP contribution in [0, 0.1) is 0 Å². The van der Waals surface area contributed by atoms with Gasteiger partial charge in [0.2, 0.25) is 5.91 Å². The molecule has 0 heterocycles. The highest BCUT2D eigenvalue weighted by Crippen LogP contribution is 2.28. The van der Waals surface area contributed by atoms with E-state index in [1.807, 2.05) is 63.2 Å². The minimum absolute atomic E-state index is 0.0747. The van der Waals surface area contributed by atoms with Gasteiger partial charge in [-0.25, -0.2) is 4.79 Å². The van der Waals surface area contributed by atoms with Gasteiger partial charge in [0.25, 0.3) is 0 Å². The van der Waals surface area contributed by atoms with Gasteiger partial charge in [-0.3, -0.25) is 4.79 Å². The Kier molecular flexibility index (Phi) is 6.08. The van der Waals surface area contributed by atoms with Gasteiger partial charge in [-0.05, 0) is 56.4 Å². The first-order chi connectivity index (χ1) is 13.7. The van der Waals surface area contributed by atoms with E-state index in [0.717, 1.165) is 42.4 Å². The van der Waals surface area contributed by atoms with Crippen LogP contribution in [0.3, 0.4) is 0 Å². The molecule has 0 unspecified atom stereocenters. The van der Waals surface area contributed by atoms with Crippen molar-refractivity contribution in [2.45, 2.75) is 64.1 Å². The lowest BCUT2D eigenvalue weighted by atomic mass is 9.97. The highest BCUT2D eigenvalue weighted by molar-refractivity contribution is 5.97. The number of amides is 1. The largest absolute Gasteiger partial charge is 0.456 e. The number of nitrogens with two attached hydrogens (primary N) is 1. The number of carbonyl (C=O) groups excluding carboxylic acids is 2. The Labute approximate surface area is 172 Å². The van der Waals surface area contributed by atoms with Gasteiger partial charge in [-0.15, -0.1) is 0 Å². The van der Waals surface area contributed by atoms with E-state index in [1.165, 1.54) is 0 Å². The zero-order valence-corrected chi connectivity index (χ0v) is 17.5. The van der Waals surface area contributed by atoms with Crippen LogP contribution in [0.1, 0.15) is 62.4 Å². The maximum Gasteiger partial charge on any atom is 0.339 e. The highest BCUT2D eigenvalue weighted by atomic mass is 16.6. The second-order valence-electron chi connectivity index (χ2n) is 8.79. The van der Waals surface area contributed by atoms with Gasteiger partial charge < -0.3 is 15.8 Å². The summed E-state index contributed by atoms with van der Waals surface area (Å²) in [6.45, 7) is 6.00. The number of ether oxygens (including phenoxy) is 1. The smallest absolute Gasteiger partial charge is 0.339 e. The summed E-state index contributed by atoms with van der Waals surface area (Å²) in [6.07, 6.45) is 3.52. The molecule has 1 amide bonds. The lowest BCUT2D eigenvalue weighted by Gasteiger charge is -2.22. The fourth-order valence-corrected chi connectivity index (χ4v) is 3.64. The molecule has 5 nitrogen and oxygen atoms in total. The lowest BCUT2D eigenvalue weighted by Crippen LogP contribution is -2.51. The predicted octanol–water partition coefficient (Wildman–Crippen LogP) is 4.20. The van der Waals surface area contributed by atoms with Crippen molar-refractivity contribution in [1.29, 1.82) is 0 Å². The van der Waals surface area contributed by atoms with Crippen LogP contribution in [-0.4, -0.2) is 23.0 Å². The molecule has 3 rings (SSSR count). The predicted molar refractivity (Wildman–Crippen MR) is 114 cm³/mol. The molecule has 0 saturated heterocycles. The Morgan fingerprint density at radius 1 is 1.03 bits per heavy atom. The molecule has 154 valence electrons. The fourth-order valence-electron chi connectivity index (χ4n) is 3.64. The SMILES string of the molecule is CC(C)(C)OC(=O)c1ccccc1-c1ccc(CNC(=O)C2(N)CCCC2)cc1. The van der Waals surface area contributed by atoms with Gasteiger partial charge in [-0.1, -0.05) is 55.3 Å². The van der Waals surface area contributed by atoms with Crippen LogP contribution in [0.2, 0.25) is 0 Å². The summed E-state index contributed by atoms with van der Waals surface area (Å²) >= 11 is 0. The van der Waals surface area contributed by atoms with E-state index in [1.54, 1.807) is 6.07 Å². The zero-order chi connectivity index (χ0) is 21.1. The fraction of sp³-hybridized carbons (Fsp3) is 0.417. The summed E-state index contributed by atoms with van der Waals surface area (Å²) in [5.74, 6) is -0.413. The van der Waals surface area contributed by atoms with Crippen LogP contribution < -0.4 is 11.1 Å². The highest BCUT2D eigenvalue weighted by Gasteiger charge is 2.36. The monoisotopic (exact) mass is 394 g/mol. The van der Waals surface area contributed by atoms with E-state index in [9.17, 15) is 9.59 Å². The summed E-state index contributed by atoms with van der Waals surface area (Å²) < 4.78 is 5.53. The molecule has 0 atom stereocenters. The van der Waals surface area contributed by atoms with Crippen molar-refractivity contribution in [3.05, 3.63) is 59.7 Å². The Balaban J connectivity index is 1.71. The number of hydrogen-bond donors (Lipinski definition) is 2. The van der Waals surface area contributed by atoms with Crippen molar-refractivity contribution in [1.82, 2.24) is 5.32 Å². The van der Waals surface area contributed by atoms with E-state index < -0.39 is 11.1 Å². The molecular formula is C24H30N2O3. The number of nitrogens with one attached hydrogen (secondary N) is 1. The average molecular weight is 395 g/mol. The molecule has 2 aromatic carbocycles. The number of hydrogen-bond acceptors (Lipinski definition) is 4. The summed E-state index contributed by atoms with van der Waals surface area (Å²) in [5, 5.41) is 2.96. The van der Waals surface area contributed by atoms with E-state index in [2.05, 4.69) is 5.32 Å². The van der Waals surface area contributed by atoms with Gasteiger partial charge in [0, 0.05) is 6.54 Å². The lowest BCUT2D eigenvalue weighted by molar-refractivity contribution is -0.126. The Hall–Kier alpha value is -2.66. The minimum atomic E-state index is -0.716. The van der Waals surface area contributed by atoms with Crippen LogP contribution in [0.5, 0.6) is 0 Å². The molecular weight excluding hydrogens is 364 g/mol. The second-order valence-corrected chi connectivity index (χ2v) is 8.79. The normalized spacial score (nSPS) is 15.7. The molecule has 0 radical (unpaired) electrons. The maximum atomic E-state index is 12.6. The first kappa shape index (κ1) is 21.1. The van der Waals surface area contributed by atoms with Crippen molar-refractivity contribution in [2.24, 2.45) is 5.73 Å². The molecule has 0 bridgehead atoms. The van der Waals surface area contributed by atoms with Gasteiger partial charge >= 0.3 is 5.97 Å². The molecule has 1 fully saturated rings. The van der Waals surface area contributed by atoms with Crippen molar-refractivity contribution in [2.75, 3.05) is 0 Å². The van der Waals surface area contributed by atoms with Gasteiger partial charge in [0.15, 0.2) is 0 Å². The van der Waals surface area contributed by atoms with Crippen LogP contribution in [0.15, 0.2) is 48.5 Å². The number of rotatable bonds is 5. The molecule has 1 aliphatic carbocycles. The molecule has 1 saturated carbocycles. The molecule has 2 aromatic rings. The molecule has 3 N–H and O–H groups in total. The topological polar surface area (TPSA) is 81.4 Å². The van der Waals surface area contributed by atoms with Gasteiger partial charge in [0.1, 0.15) is 5.60 Å². The van der Waals surface area contributed by atoms with Gasteiger partial charge in [-0.2, -0.15) is 0 Å². The Morgan fingerprint density at radius 3 is 2.28 bits per heavy atom. The van der Waals surface area contributed by atoms with Crippen LogP contribution in [-0.2, 0) is 16.1 Å². The molecule has 0 spiro atoms. The summed E-state index contributed by atoms with van der Waals surface area (Å²) in [4.78, 5) is 24.9. The molecule has 0 aliphatic heterocycles.